The molecule has 1 aromatic carbocycles. The molecule has 2 rings (SSSR count). The highest BCUT2D eigenvalue weighted by Crippen LogP contribution is 2.14. The summed E-state index contributed by atoms with van der Waals surface area (Å²) in [6, 6.07) is 7.20. The predicted molar refractivity (Wildman–Crippen MR) is 86.3 cm³/mol. The lowest BCUT2D eigenvalue weighted by Gasteiger charge is -2.28. The van der Waals surface area contributed by atoms with Gasteiger partial charge in [-0.3, -0.25) is 4.90 Å². The Hall–Kier alpha value is -1.76. The molecule has 4 nitrogen and oxygen atoms in total. The topological polar surface area (TPSA) is 45.8 Å². The average Bonchev–Trinajstić information content (AvgIpc) is 3.02. The van der Waals surface area contributed by atoms with Crippen molar-refractivity contribution in [3.63, 3.8) is 0 Å². The molecule has 0 bridgehead atoms. The van der Waals surface area contributed by atoms with Crippen LogP contribution in [0.15, 0.2) is 41.0 Å². The van der Waals surface area contributed by atoms with Crippen LogP contribution in [0.5, 0.6) is 0 Å². The minimum atomic E-state index is -0.717. The third-order valence-electron chi connectivity index (χ3n) is 3.70. The molecule has 132 valence electrons. The van der Waals surface area contributed by atoms with E-state index in [1.54, 1.807) is 18.4 Å². The summed E-state index contributed by atoms with van der Waals surface area (Å²) < 4.78 is 37.4. The fraction of sp³-hybridized carbons (Fsp3) is 0.444. The van der Waals surface area contributed by atoms with Crippen LogP contribution in [0.3, 0.4) is 0 Å². The van der Waals surface area contributed by atoms with Crippen LogP contribution in [-0.2, 0) is 17.9 Å². The zero-order valence-electron chi connectivity index (χ0n) is 13.9. The molecule has 2 aromatic rings. The Balaban J connectivity index is 1.85. The monoisotopic (exact) mass is 339 g/mol. The zero-order valence-corrected chi connectivity index (χ0v) is 13.9. The van der Waals surface area contributed by atoms with Crippen LogP contribution in [0.1, 0.15) is 25.2 Å². The third kappa shape index (κ3) is 5.70. The van der Waals surface area contributed by atoms with Gasteiger partial charge in [-0.05, 0) is 32.0 Å². The van der Waals surface area contributed by atoms with Crippen LogP contribution in [0.2, 0.25) is 0 Å². The number of rotatable bonds is 9. The van der Waals surface area contributed by atoms with Gasteiger partial charge >= 0.3 is 0 Å². The first kappa shape index (κ1) is 18.6. The smallest absolute Gasteiger partial charge is 0.130 e. The number of aliphatic hydroxyl groups excluding tert-OH is 1. The quantitative estimate of drug-likeness (QED) is 0.761. The van der Waals surface area contributed by atoms with Crippen molar-refractivity contribution in [1.82, 2.24) is 4.90 Å². The Morgan fingerprint density at radius 2 is 2.04 bits per heavy atom. The van der Waals surface area contributed by atoms with Crippen molar-refractivity contribution < 1.29 is 23.0 Å². The molecule has 0 saturated carbocycles. The number of aliphatic hydroxyl groups is 1. The molecule has 0 spiro atoms. The maximum Gasteiger partial charge on any atom is 0.130 e. The second-order valence-electron chi connectivity index (χ2n) is 6.01. The first-order chi connectivity index (χ1) is 11.5. The minimum Gasteiger partial charge on any atom is -0.467 e. The van der Waals surface area contributed by atoms with Gasteiger partial charge < -0.3 is 14.3 Å². The summed E-state index contributed by atoms with van der Waals surface area (Å²) in [7, 11) is 0. The number of hydrogen-bond acceptors (Lipinski definition) is 4. The Labute approximate surface area is 140 Å². The third-order valence-corrected chi connectivity index (χ3v) is 3.70. The van der Waals surface area contributed by atoms with Gasteiger partial charge in [0.1, 0.15) is 24.0 Å². The highest BCUT2D eigenvalue weighted by molar-refractivity contribution is 5.18. The van der Waals surface area contributed by atoms with E-state index >= 15 is 0 Å². The summed E-state index contributed by atoms with van der Waals surface area (Å²) in [5.41, 5.74) is 0.397. The van der Waals surface area contributed by atoms with Gasteiger partial charge in [0, 0.05) is 30.8 Å². The second kappa shape index (κ2) is 8.92. The first-order valence-corrected chi connectivity index (χ1v) is 7.92. The summed E-state index contributed by atoms with van der Waals surface area (Å²) in [6.07, 6.45) is 0.846. The molecule has 0 fully saturated rings. The predicted octanol–water partition coefficient (Wildman–Crippen LogP) is 3.35. The summed E-state index contributed by atoms with van der Waals surface area (Å²) in [6.45, 7) is 4.97. The molecule has 1 atom stereocenters. The number of furan rings is 1. The van der Waals surface area contributed by atoms with Crippen LogP contribution in [-0.4, -0.2) is 35.3 Å². The van der Waals surface area contributed by atoms with E-state index in [4.69, 9.17) is 9.15 Å². The van der Waals surface area contributed by atoms with Gasteiger partial charge in [-0.15, -0.1) is 0 Å². The maximum atomic E-state index is 13.8. The Morgan fingerprint density at radius 3 is 2.67 bits per heavy atom. The highest BCUT2D eigenvalue weighted by Gasteiger charge is 2.17. The molecule has 0 radical (unpaired) electrons. The molecule has 1 aromatic heterocycles. The van der Waals surface area contributed by atoms with E-state index in [9.17, 15) is 13.9 Å². The van der Waals surface area contributed by atoms with Gasteiger partial charge in [-0.1, -0.05) is 6.07 Å². The van der Waals surface area contributed by atoms with Crippen LogP contribution in [0, 0.1) is 11.6 Å². The van der Waals surface area contributed by atoms with E-state index in [0.29, 0.717) is 31.0 Å². The van der Waals surface area contributed by atoms with Crippen LogP contribution >= 0.6 is 0 Å². The number of hydrogen-bond donors (Lipinski definition) is 1. The number of benzene rings is 1. The fourth-order valence-corrected chi connectivity index (χ4v) is 2.34. The molecule has 0 saturated heterocycles. The summed E-state index contributed by atoms with van der Waals surface area (Å²) >= 11 is 0. The van der Waals surface area contributed by atoms with Gasteiger partial charge in [-0.25, -0.2) is 8.78 Å². The number of halogens is 2. The van der Waals surface area contributed by atoms with E-state index in [1.165, 1.54) is 12.1 Å². The van der Waals surface area contributed by atoms with Crippen molar-refractivity contribution in [1.29, 1.82) is 0 Å². The molecule has 1 N–H and O–H groups in total. The molecule has 1 heterocycles. The lowest BCUT2D eigenvalue weighted by molar-refractivity contribution is -0.00133. The second-order valence-corrected chi connectivity index (χ2v) is 6.01. The van der Waals surface area contributed by atoms with Crippen LogP contribution in [0.25, 0.3) is 0 Å². The Morgan fingerprint density at radius 1 is 1.25 bits per heavy atom. The van der Waals surface area contributed by atoms with Crippen molar-refractivity contribution in [3.8, 4) is 0 Å². The minimum absolute atomic E-state index is 0.0918. The summed E-state index contributed by atoms with van der Waals surface area (Å²) in [5.74, 6) is -0.487. The average molecular weight is 339 g/mol. The molecular formula is C18H23F2NO3. The van der Waals surface area contributed by atoms with Gasteiger partial charge in [0.15, 0.2) is 0 Å². The highest BCUT2D eigenvalue weighted by atomic mass is 19.1. The van der Waals surface area contributed by atoms with E-state index < -0.39 is 17.7 Å². The molecule has 0 amide bonds. The lowest BCUT2D eigenvalue weighted by Crippen LogP contribution is -2.39. The van der Waals surface area contributed by atoms with Gasteiger partial charge in [0.25, 0.3) is 0 Å². The molecule has 0 aliphatic rings. The van der Waals surface area contributed by atoms with Crippen molar-refractivity contribution >= 4 is 0 Å². The van der Waals surface area contributed by atoms with Gasteiger partial charge in [0.05, 0.1) is 19.0 Å². The largest absolute Gasteiger partial charge is 0.467 e. The van der Waals surface area contributed by atoms with E-state index in [-0.39, 0.29) is 12.6 Å². The zero-order chi connectivity index (χ0) is 17.5. The Bertz CT molecular complexity index is 617. The molecule has 6 heteroatoms. The lowest BCUT2D eigenvalue weighted by atomic mass is 10.1. The molecule has 24 heavy (non-hydrogen) atoms. The number of nitrogens with zero attached hydrogens (tertiary/aromatic N) is 1. The number of ether oxygens (including phenoxy) is 1. The fourth-order valence-electron chi connectivity index (χ4n) is 2.34. The van der Waals surface area contributed by atoms with Gasteiger partial charge in [0.2, 0.25) is 0 Å². The molecule has 0 aliphatic carbocycles. The van der Waals surface area contributed by atoms with E-state index in [1.807, 2.05) is 18.7 Å². The van der Waals surface area contributed by atoms with Crippen molar-refractivity contribution in [2.75, 3.05) is 13.2 Å². The van der Waals surface area contributed by atoms with Crippen molar-refractivity contribution in [2.24, 2.45) is 0 Å². The van der Waals surface area contributed by atoms with Crippen molar-refractivity contribution in [2.45, 2.75) is 39.1 Å². The summed E-state index contributed by atoms with van der Waals surface area (Å²) in [5, 5.41) is 10.1. The molecular weight excluding hydrogens is 316 g/mol. The molecule has 0 unspecified atom stereocenters. The van der Waals surface area contributed by atoms with Gasteiger partial charge in [-0.2, -0.15) is 0 Å². The van der Waals surface area contributed by atoms with E-state index in [0.717, 1.165) is 6.07 Å². The first-order valence-electron chi connectivity index (χ1n) is 7.92. The summed E-state index contributed by atoms with van der Waals surface area (Å²) in [4.78, 5) is 1.91. The SMILES string of the molecule is CC(C)N(Cc1ccc(F)cc1F)C[C@@H](O)COCc1ccco1. The van der Waals surface area contributed by atoms with E-state index in [2.05, 4.69) is 0 Å². The van der Waals surface area contributed by atoms with Crippen LogP contribution < -0.4 is 0 Å². The molecule has 0 aliphatic heterocycles. The van der Waals surface area contributed by atoms with Crippen molar-refractivity contribution in [3.05, 3.63) is 59.6 Å². The normalized spacial score (nSPS) is 13.0. The maximum absolute atomic E-state index is 13.8. The Kier molecular flexibility index (Phi) is 6.90. The van der Waals surface area contributed by atoms with Crippen LogP contribution in [0.4, 0.5) is 8.78 Å². The standard InChI is InChI=1S/C18H23F2NO3/c1-13(2)21(9-14-5-6-15(19)8-18(14)20)10-16(22)11-23-12-17-4-3-7-24-17/h3-8,13,16,22H,9-12H2,1-2H3/t16-/m1/s1.